The second-order valence-corrected chi connectivity index (χ2v) is 7.12. The van der Waals surface area contributed by atoms with E-state index in [1.807, 2.05) is 35.9 Å². The third-order valence-electron chi connectivity index (χ3n) is 4.87. The maximum Gasteiger partial charge on any atom is 0.248 e. The van der Waals surface area contributed by atoms with Crippen LogP contribution in [0.3, 0.4) is 0 Å². The molecule has 33 heavy (non-hydrogen) atoms. The maximum atomic E-state index is 12.3. The molecule has 164 valence electrons. The number of fused-ring (bicyclic) bond motifs is 1. The van der Waals surface area contributed by atoms with Gasteiger partial charge in [0, 0.05) is 30.2 Å². The third-order valence-corrected chi connectivity index (χ3v) is 4.87. The summed E-state index contributed by atoms with van der Waals surface area (Å²) >= 11 is 0. The second-order valence-electron chi connectivity index (χ2n) is 7.12. The van der Waals surface area contributed by atoms with Crippen molar-refractivity contribution in [3.63, 3.8) is 0 Å². The van der Waals surface area contributed by atoms with Crippen molar-refractivity contribution in [2.24, 2.45) is 0 Å². The number of hydrogen-bond acceptors (Lipinski definition) is 7. The number of imidazole rings is 1. The molecule has 3 heterocycles. The van der Waals surface area contributed by atoms with Crippen molar-refractivity contribution in [1.82, 2.24) is 19.5 Å². The van der Waals surface area contributed by atoms with Gasteiger partial charge >= 0.3 is 0 Å². The molecule has 1 aliphatic rings. The molecule has 0 fully saturated rings. The minimum absolute atomic E-state index is 0.214. The Morgan fingerprint density at radius 2 is 1.91 bits per heavy atom. The molecule has 0 spiro atoms. The fourth-order valence-corrected chi connectivity index (χ4v) is 3.24. The summed E-state index contributed by atoms with van der Waals surface area (Å²) < 4.78 is 18.3. The van der Waals surface area contributed by atoms with E-state index in [0.29, 0.717) is 34.6 Å². The van der Waals surface area contributed by atoms with Crippen LogP contribution in [0.2, 0.25) is 0 Å². The van der Waals surface area contributed by atoms with Gasteiger partial charge in [-0.15, -0.1) is 0 Å². The highest BCUT2D eigenvalue weighted by molar-refractivity contribution is 6.02. The van der Waals surface area contributed by atoms with Gasteiger partial charge in [-0.2, -0.15) is 0 Å². The summed E-state index contributed by atoms with van der Waals surface area (Å²) in [7, 11) is 0. The molecule has 0 saturated heterocycles. The van der Waals surface area contributed by atoms with Crippen molar-refractivity contribution in [3.05, 3.63) is 84.7 Å². The zero-order chi connectivity index (χ0) is 22.6. The van der Waals surface area contributed by atoms with Crippen LogP contribution in [-0.4, -0.2) is 32.2 Å². The van der Waals surface area contributed by atoms with Gasteiger partial charge in [-0.05, 0) is 55.0 Å². The van der Waals surface area contributed by atoms with E-state index < -0.39 is 0 Å². The van der Waals surface area contributed by atoms with Crippen LogP contribution in [0.5, 0.6) is 23.1 Å². The molecule has 4 aromatic rings. The van der Waals surface area contributed by atoms with Crippen molar-refractivity contribution in [2.45, 2.75) is 6.92 Å². The standard InChI is InChI=1S/C24H19N5O4/c1-16-25-10-11-29(16)22-13-24(27-14-26-22)33-19-6-4-18(5-7-19)28-23(30)9-3-17-2-8-20-21(12-17)32-15-31-20/h2-14H,15H2,1H3,(H,28,30)/b9-3+. The van der Waals surface area contributed by atoms with Gasteiger partial charge in [0.2, 0.25) is 18.6 Å². The Morgan fingerprint density at radius 1 is 1.06 bits per heavy atom. The molecule has 1 aliphatic heterocycles. The van der Waals surface area contributed by atoms with Crippen LogP contribution in [0.15, 0.2) is 73.3 Å². The van der Waals surface area contributed by atoms with Gasteiger partial charge in [0.25, 0.3) is 0 Å². The van der Waals surface area contributed by atoms with Crippen LogP contribution in [0.1, 0.15) is 11.4 Å². The number of aromatic nitrogens is 4. The zero-order valence-electron chi connectivity index (χ0n) is 17.6. The van der Waals surface area contributed by atoms with E-state index in [-0.39, 0.29) is 12.7 Å². The second kappa shape index (κ2) is 8.83. The normalized spacial score (nSPS) is 12.2. The SMILES string of the molecule is Cc1nccn1-c1cc(Oc2ccc(NC(=O)/C=C/c3ccc4c(c3)OCO4)cc2)ncn1. The number of aryl methyl sites for hydroxylation is 1. The van der Waals surface area contributed by atoms with E-state index in [9.17, 15) is 4.79 Å². The van der Waals surface area contributed by atoms with E-state index in [4.69, 9.17) is 14.2 Å². The summed E-state index contributed by atoms with van der Waals surface area (Å²) in [5.74, 6) is 3.57. The summed E-state index contributed by atoms with van der Waals surface area (Å²) in [6.07, 6.45) is 8.13. The Labute approximate surface area is 189 Å². The van der Waals surface area contributed by atoms with Crippen LogP contribution in [0.4, 0.5) is 5.69 Å². The topological polar surface area (TPSA) is 100 Å². The van der Waals surface area contributed by atoms with Gasteiger partial charge in [0.1, 0.15) is 23.7 Å². The molecule has 0 saturated carbocycles. The summed E-state index contributed by atoms with van der Waals surface area (Å²) in [6, 6.07) is 14.2. The van der Waals surface area contributed by atoms with Crippen LogP contribution < -0.4 is 19.5 Å². The first-order chi connectivity index (χ1) is 16.1. The maximum absolute atomic E-state index is 12.3. The van der Waals surface area contributed by atoms with E-state index in [1.54, 1.807) is 42.6 Å². The minimum Gasteiger partial charge on any atom is -0.454 e. The first-order valence-corrected chi connectivity index (χ1v) is 10.1. The Hall–Kier alpha value is -4.66. The van der Waals surface area contributed by atoms with Gasteiger partial charge in [-0.3, -0.25) is 9.36 Å². The van der Waals surface area contributed by atoms with E-state index in [1.165, 1.54) is 12.4 Å². The van der Waals surface area contributed by atoms with Crippen molar-refractivity contribution >= 4 is 17.7 Å². The van der Waals surface area contributed by atoms with Crippen molar-refractivity contribution < 1.29 is 19.0 Å². The summed E-state index contributed by atoms with van der Waals surface area (Å²) in [5, 5.41) is 2.82. The zero-order valence-corrected chi connectivity index (χ0v) is 17.6. The Morgan fingerprint density at radius 3 is 2.73 bits per heavy atom. The van der Waals surface area contributed by atoms with Crippen LogP contribution in [-0.2, 0) is 4.79 Å². The number of carbonyl (C=O) groups is 1. The molecular formula is C24H19N5O4. The minimum atomic E-state index is -0.252. The molecule has 0 radical (unpaired) electrons. The predicted octanol–water partition coefficient (Wildman–Crippen LogP) is 4.14. The van der Waals surface area contributed by atoms with Crippen molar-refractivity contribution in [2.75, 3.05) is 12.1 Å². The molecule has 0 bridgehead atoms. The third kappa shape index (κ3) is 4.67. The number of ether oxygens (including phenoxy) is 3. The lowest BCUT2D eigenvalue weighted by atomic mass is 10.2. The molecule has 1 amide bonds. The number of rotatable bonds is 6. The molecule has 2 aromatic heterocycles. The monoisotopic (exact) mass is 441 g/mol. The van der Waals surface area contributed by atoms with Gasteiger partial charge in [-0.1, -0.05) is 6.07 Å². The smallest absolute Gasteiger partial charge is 0.248 e. The number of carbonyl (C=O) groups excluding carboxylic acids is 1. The lowest BCUT2D eigenvalue weighted by Gasteiger charge is -2.08. The van der Waals surface area contributed by atoms with Crippen molar-refractivity contribution in [3.8, 4) is 28.9 Å². The Bertz CT molecular complexity index is 1330. The fourth-order valence-electron chi connectivity index (χ4n) is 3.24. The number of benzene rings is 2. The number of hydrogen-bond donors (Lipinski definition) is 1. The number of amides is 1. The van der Waals surface area contributed by atoms with Gasteiger partial charge in [-0.25, -0.2) is 15.0 Å². The number of anilines is 1. The van der Waals surface area contributed by atoms with Gasteiger partial charge < -0.3 is 19.5 Å². The van der Waals surface area contributed by atoms with E-state index in [0.717, 1.165) is 11.4 Å². The van der Waals surface area contributed by atoms with Crippen LogP contribution in [0.25, 0.3) is 11.9 Å². The average molecular weight is 441 g/mol. The fraction of sp³-hybridized carbons (Fsp3) is 0.0833. The number of nitrogens with zero attached hydrogens (tertiary/aromatic N) is 4. The molecule has 0 atom stereocenters. The highest BCUT2D eigenvalue weighted by Crippen LogP contribution is 2.32. The first-order valence-electron chi connectivity index (χ1n) is 10.1. The molecule has 1 N–H and O–H groups in total. The lowest BCUT2D eigenvalue weighted by molar-refractivity contribution is -0.111. The molecule has 0 unspecified atom stereocenters. The summed E-state index contributed by atoms with van der Waals surface area (Å²) in [5.41, 5.74) is 1.48. The molecule has 0 aliphatic carbocycles. The van der Waals surface area contributed by atoms with Crippen LogP contribution >= 0.6 is 0 Å². The summed E-state index contributed by atoms with van der Waals surface area (Å²) in [4.78, 5) is 24.9. The van der Waals surface area contributed by atoms with E-state index in [2.05, 4.69) is 20.3 Å². The van der Waals surface area contributed by atoms with Gasteiger partial charge in [0.05, 0.1) is 0 Å². The van der Waals surface area contributed by atoms with E-state index >= 15 is 0 Å². The van der Waals surface area contributed by atoms with Crippen molar-refractivity contribution in [1.29, 1.82) is 0 Å². The number of nitrogens with one attached hydrogen (secondary N) is 1. The summed E-state index contributed by atoms with van der Waals surface area (Å²) in [6.45, 7) is 2.10. The molecular weight excluding hydrogens is 422 g/mol. The highest BCUT2D eigenvalue weighted by Gasteiger charge is 2.12. The quantitative estimate of drug-likeness (QED) is 0.449. The molecule has 9 heteroatoms. The average Bonchev–Trinajstić information content (AvgIpc) is 3.47. The Kier molecular flexibility index (Phi) is 5.42. The molecule has 9 nitrogen and oxygen atoms in total. The largest absolute Gasteiger partial charge is 0.454 e. The molecule has 2 aromatic carbocycles. The highest BCUT2D eigenvalue weighted by atomic mass is 16.7. The van der Waals surface area contributed by atoms with Gasteiger partial charge in [0.15, 0.2) is 11.5 Å². The lowest BCUT2D eigenvalue weighted by Crippen LogP contribution is -2.07. The predicted molar refractivity (Wildman–Crippen MR) is 121 cm³/mol. The Balaban J connectivity index is 1.20. The van der Waals surface area contributed by atoms with Crippen LogP contribution in [0, 0.1) is 6.92 Å². The first kappa shape index (κ1) is 20.3. The molecule has 5 rings (SSSR count).